The lowest BCUT2D eigenvalue weighted by Crippen LogP contribution is -2.25. The summed E-state index contributed by atoms with van der Waals surface area (Å²) < 4.78 is 14.3. The van der Waals surface area contributed by atoms with Gasteiger partial charge in [-0.3, -0.25) is 4.79 Å². The number of carbonyl (C=O) groups excluding carboxylic acids is 1. The molecule has 0 saturated carbocycles. The van der Waals surface area contributed by atoms with Gasteiger partial charge in [0.25, 0.3) is 5.91 Å². The summed E-state index contributed by atoms with van der Waals surface area (Å²) in [6.45, 7) is 0. The maximum Gasteiger partial charge on any atom is 0.279 e. The predicted octanol–water partition coefficient (Wildman–Crippen LogP) is 3.39. The second-order valence-electron chi connectivity index (χ2n) is 4.74. The number of fused-ring (bicyclic) bond motifs is 1. The molecule has 0 aliphatic carbocycles. The Morgan fingerprint density at radius 1 is 1.23 bits per heavy atom. The van der Waals surface area contributed by atoms with Crippen molar-refractivity contribution < 1.29 is 9.18 Å². The molecule has 2 aromatic carbocycles. The molecule has 1 heterocycles. The molecule has 0 saturated heterocycles. The maximum absolute atomic E-state index is 13.7. The molecule has 6 heteroatoms. The quantitative estimate of drug-likeness (QED) is 0.598. The van der Waals surface area contributed by atoms with Crippen molar-refractivity contribution in [3.63, 3.8) is 0 Å². The molecular formula is C16H11BrFN3O. The number of anilines is 1. The molecule has 110 valence electrons. The smallest absolute Gasteiger partial charge is 0.279 e. The maximum atomic E-state index is 13.7. The van der Waals surface area contributed by atoms with E-state index in [4.69, 9.17) is 0 Å². The minimum absolute atomic E-state index is 0.227. The molecular weight excluding hydrogens is 349 g/mol. The van der Waals surface area contributed by atoms with Gasteiger partial charge < -0.3 is 4.90 Å². The van der Waals surface area contributed by atoms with Crippen molar-refractivity contribution >= 4 is 39.5 Å². The van der Waals surface area contributed by atoms with Crippen LogP contribution in [-0.4, -0.2) is 24.9 Å². The van der Waals surface area contributed by atoms with Crippen LogP contribution in [0.1, 0.15) is 11.1 Å². The fourth-order valence-corrected chi connectivity index (χ4v) is 2.53. The van der Waals surface area contributed by atoms with Crippen LogP contribution in [0, 0.1) is 5.82 Å². The lowest BCUT2D eigenvalue weighted by Gasteiger charge is -2.07. The summed E-state index contributed by atoms with van der Waals surface area (Å²) >= 11 is 3.19. The van der Waals surface area contributed by atoms with Gasteiger partial charge in [0, 0.05) is 22.6 Å². The lowest BCUT2D eigenvalue weighted by atomic mass is 10.1. The monoisotopic (exact) mass is 359 g/mol. The Hall–Kier alpha value is -2.34. The van der Waals surface area contributed by atoms with Gasteiger partial charge in [-0.1, -0.05) is 34.1 Å². The van der Waals surface area contributed by atoms with Gasteiger partial charge in [0.15, 0.2) is 5.71 Å². The highest BCUT2D eigenvalue weighted by atomic mass is 79.9. The first-order valence-electron chi connectivity index (χ1n) is 6.51. The Bertz CT molecular complexity index is 817. The van der Waals surface area contributed by atoms with Gasteiger partial charge in [-0.2, -0.15) is 5.10 Å². The molecule has 0 N–H and O–H groups in total. The van der Waals surface area contributed by atoms with E-state index in [1.165, 1.54) is 17.2 Å². The van der Waals surface area contributed by atoms with Crippen LogP contribution in [0.3, 0.4) is 0 Å². The zero-order valence-electron chi connectivity index (χ0n) is 11.6. The first kappa shape index (κ1) is 14.6. The molecule has 1 aliphatic rings. The Morgan fingerprint density at radius 3 is 2.77 bits per heavy atom. The van der Waals surface area contributed by atoms with Gasteiger partial charge in [0.05, 0.1) is 11.9 Å². The number of hydrogen-bond acceptors (Lipinski definition) is 3. The molecule has 0 radical (unpaired) electrons. The highest BCUT2D eigenvalue weighted by Crippen LogP contribution is 2.27. The van der Waals surface area contributed by atoms with Crippen LogP contribution in [0.2, 0.25) is 0 Å². The average Bonchev–Trinajstić information content (AvgIpc) is 2.75. The molecule has 0 atom stereocenters. The normalized spacial score (nSPS) is 15.9. The van der Waals surface area contributed by atoms with E-state index in [9.17, 15) is 9.18 Å². The summed E-state index contributed by atoms with van der Waals surface area (Å²) in [6, 6.07) is 12.0. The second kappa shape index (κ2) is 5.81. The first-order chi connectivity index (χ1) is 10.6. The third kappa shape index (κ3) is 2.57. The first-order valence-corrected chi connectivity index (χ1v) is 7.31. The van der Waals surface area contributed by atoms with Gasteiger partial charge in [-0.15, -0.1) is 5.10 Å². The number of carbonyl (C=O) groups is 1. The fourth-order valence-electron chi connectivity index (χ4n) is 2.20. The van der Waals surface area contributed by atoms with Crippen molar-refractivity contribution in [2.24, 2.45) is 10.2 Å². The van der Waals surface area contributed by atoms with Crippen LogP contribution in [0.5, 0.6) is 0 Å². The zero-order valence-corrected chi connectivity index (χ0v) is 13.2. The molecule has 1 amide bonds. The van der Waals surface area contributed by atoms with E-state index in [-0.39, 0.29) is 11.6 Å². The van der Waals surface area contributed by atoms with Crippen LogP contribution in [0.4, 0.5) is 10.1 Å². The zero-order chi connectivity index (χ0) is 15.7. The van der Waals surface area contributed by atoms with Gasteiger partial charge >= 0.3 is 0 Å². The Kier molecular flexibility index (Phi) is 3.85. The number of halogens is 2. The van der Waals surface area contributed by atoms with Crippen molar-refractivity contribution in [3.05, 3.63) is 63.9 Å². The number of hydrogen-bond donors (Lipinski definition) is 0. The van der Waals surface area contributed by atoms with Crippen LogP contribution in [-0.2, 0) is 4.79 Å². The number of benzene rings is 2. The number of nitrogens with zero attached hydrogens (tertiary/aromatic N) is 3. The summed E-state index contributed by atoms with van der Waals surface area (Å²) in [5, 5.41) is 7.83. The number of amides is 1. The molecule has 0 aromatic heterocycles. The molecule has 4 nitrogen and oxygen atoms in total. The van der Waals surface area contributed by atoms with Crippen molar-refractivity contribution in [1.82, 2.24) is 0 Å². The SMILES string of the molecule is CN1C(=O)/C(=N/N=C\c2ccc(Br)cc2F)c2ccccc21. The summed E-state index contributed by atoms with van der Waals surface area (Å²) in [7, 11) is 1.68. The number of para-hydroxylation sites is 1. The van der Waals surface area contributed by atoms with Crippen molar-refractivity contribution in [3.8, 4) is 0 Å². The van der Waals surface area contributed by atoms with Crippen molar-refractivity contribution in [2.75, 3.05) is 11.9 Å². The molecule has 1 aliphatic heterocycles. The van der Waals surface area contributed by atoms with Crippen LogP contribution >= 0.6 is 15.9 Å². The number of likely N-dealkylation sites (N-methyl/N-ethyl adjacent to an activating group) is 1. The third-order valence-corrected chi connectivity index (χ3v) is 3.84. The Morgan fingerprint density at radius 2 is 2.00 bits per heavy atom. The topological polar surface area (TPSA) is 45.0 Å². The molecule has 2 aromatic rings. The summed E-state index contributed by atoms with van der Waals surface area (Å²) in [4.78, 5) is 13.7. The lowest BCUT2D eigenvalue weighted by molar-refractivity contribution is -0.111. The Balaban J connectivity index is 1.93. The summed E-state index contributed by atoms with van der Waals surface area (Å²) in [5.74, 6) is -0.636. The predicted molar refractivity (Wildman–Crippen MR) is 88.1 cm³/mol. The van der Waals surface area contributed by atoms with E-state index < -0.39 is 5.82 Å². The molecule has 0 bridgehead atoms. The Labute approximate surface area is 135 Å². The summed E-state index contributed by atoms with van der Waals surface area (Å²) in [5.41, 5.74) is 2.08. The van der Waals surface area contributed by atoms with E-state index in [2.05, 4.69) is 26.1 Å². The molecule has 3 rings (SSSR count). The molecule has 22 heavy (non-hydrogen) atoms. The largest absolute Gasteiger partial charge is 0.309 e. The molecule has 0 fully saturated rings. The van der Waals surface area contributed by atoms with E-state index in [0.717, 1.165) is 11.3 Å². The fraction of sp³-hybridized carbons (Fsp3) is 0.0625. The average molecular weight is 360 g/mol. The highest BCUT2D eigenvalue weighted by Gasteiger charge is 2.30. The minimum Gasteiger partial charge on any atom is -0.309 e. The standard InChI is InChI=1S/C16H11BrFN3O/c1-21-14-5-3-2-4-12(14)15(16(21)22)20-19-9-10-6-7-11(17)8-13(10)18/h2-9H,1H3/b19-9-,20-15+. The van der Waals surface area contributed by atoms with Crippen molar-refractivity contribution in [2.45, 2.75) is 0 Å². The third-order valence-electron chi connectivity index (χ3n) is 3.34. The van der Waals surface area contributed by atoms with E-state index in [1.54, 1.807) is 19.2 Å². The number of rotatable bonds is 2. The minimum atomic E-state index is -0.409. The van der Waals surface area contributed by atoms with Gasteiger partial charge in [0.2, 0.25) is 0 Å². The van der Waals surface area contributed by atoms with Gasteiger partial charge in [-0.05, 0) is 24.3 Å². The van der Waals surface area contributed by atoms with E-state index >= 15 is 0 Å². The highest BCUT2D eigenvalue weighted by molar-refractivity contribution is 9.10. The second-order valence-corrected chi connectivity index (χ2v) is 5.66. The van der Waals surface area contributed by atoms with Gasteiger partial charge in [-0.25, -0.2) is 4.39 Å². The summed E-state index contributed by atoms with van der Waals surface area (Å²) in [6.07, 6.45) is 1.29. The molecule has 0 spiro atoms. The van der Waals surface area contributed by atoms with Crippen LogP contribution in [0.15, 0.2) is 57.1 Å². The van der Waals surface area contributed by atoms with E-state index in [1.807, 2.05) is 24.3 Å². The van der Waals surface area contributed by atoms with Crippen LogP contribution in [0.25, 0.3) is 0 Å². The van der Waals surface area contributed by atoms with Crippen LogP contribution < -0.4 is 4.90 Å². The van der Waals surface area contributed by atoms with Crippen molar-refractivity contribution in [1.29, 1.82) is 0 Å². The molecule has 0 unspecified atom stereocenters. The van der Waals surface area contributed by atoms with Gasteiger partial charge in [0.1, 0.15) is 5.82 Å². The van der Waals surface area contributed by atoms with E-state index in [0.29, 0.717) is 10.0 Å².